The van der Waals surface area contributed by atoms with Gasteiger partial charge in [-0.2, -0.15) is 0 Å². The molecule has 5 aromatic carbocycles. The molecular formula is C56H62FNO13SSi. The summed E-state index contributed by atoms with van der Waals surface area (Å²) in [4.78, 5) is 65.5. The van der Waals surface area contributed by atoms with Gasteiger partial charge in [-0.25, -0.2) is 4.39 Å². The van der Waals surface area contributed by atoms with Crippen LogP contribution in [0.5, 0.6) is 5.75 Å². The Morgan fingerprint density at radius 3 is 1.89 bits per heavy atom. The maximum atomic E-state index is 15.0. The molecule has 5 aromatic rings. The van der Waals surface area contributed by atoms with E-state index in [0.29, 0.717) is 33.7 Å². The summed E-state index contributed by atoms with van der Waals surface area (Å²) >= 11 is 0. The van der Waals surface area contributed by atoms with Crippen molar-refractivity contribution >= 4 is 54.6 Å². The molecule has 17 heteroatoms. The molecule has 0 radical (unpaired) electrons. The van der Waals surface area contributed by atoms with E-state index in [4.69, 9.17) is 32.8 Å². The van der Waals surface area contributed by atoms with Crippen molar-refractivity contribution in [2.24, 2.45) is 0 Å². The zero-order valence-corrected chi connectivity index (χ0v) is 44.2. The number of hydrogen-bond donors (Lipinski definition) is 0. The maximum absolute atomic E-state index is 15.0. The Balaban J connectivity index is 1.27. The van der Waals surface area contributed by atoms with Crippen molar-refractivity contribution in [1.29, 1.82) is 0 Å². The first-order chi connectivity index (χ1) is 34.6. The topological polar surface area (TPSA) is 170 Å². The lowest BCUT2D eigenvalue weighted by molar-refractivity contribution is -0.254. The highest BCUT2D eigenvalue weighted by Crippen LogP contribution is 2.48. The summed E-state index contributed by atoms with van der Waals surface area (Å²) in [5.41, 5.74) is 4.73. The number of nitrogens with zero attached hydrogens (tertiary/aromatic N) is 1. The van der Waals surface area contributed by atoms with Crippen LogP contribution in [-0.2, 0) is 69.5 Å². The number of hydrogen-bond acceptors (Lipinski definition) is 13. The third-order valence-electron chi connectivity index (χ3n) is 13.3. The highest BCUT2D eigenvalue weighted by atomic mass is 32.2. The summed E-state index contributed by atoms with van der Waals surface area (Å²) in [6.07, 6.45) is -6.84. The molecule has 2 heterocycles. The van der Waals surface area contributed by atoms with Gasteiger partial charge >= 0.3 is 23.9 Å². The van der Waals surface area contributed by atoms with Crippen molar-refractivity contribution in [2.75, 3.05) is 17.3 Å². The fraction of sp³-hybridized carbons (Fsp3) is 0.375. The Morgan fingerprint density at radius 1 is 0.726 bits per heavy atom. The van der Waals surface area contributed by atoms with Crippen molar-refractivity contribution in [2.45, 2.75) is 121 Å². The fourth-order valence-corrected chi connectivity index (χ4v) is 11.8. The predicted molar refractivity (Wildman–Crippen MR) is 274 cm³/mol. The summed E-state index contributed by atoms with van der Waals surface area (Å²) in [6.45, 7) is 15.0. The minimum absolute atomic E-state index is 0.0160. The van der Waals surface area contributed by atoms with E-state index in [2.05, 4.69) is 33.9 Å². The second kappa shape index (κ2) is 23.1. The largest absolute Gasteiger partial charge is 0.489 e. The Hall–Kier alpha value is -6.53. The van der Waals surface area contributed by atoms with Gasteiger partial charge in [0.25, 0.3) is 0 Å². The van der Waals surface area contributed by atoms with E-state index in [9.17, 15) is 28.4 Å². The van der Waals surface area contributed by atoms with Crippen molar-refractivity contribution in [3.8, 4) is 16.9 Å². The monoisotopic (exact) mass is 1040 g/mol. The number of carbonyl (C=O) groups is 5. The number of carbonyl (C=O) groups excluding carboxylic acids is 5. The molecule has 0 bridgehead atoms. The van der Waals surface area contributed by atoms with Crippen molar-refractivity contribution in [1.82, 2.24) is 0 Å². The number of halogens is 1. The normalized spacial score (nSPS) is 21.8. The summed E-state index contributed by atoms with van der Waals surface area (Å²) in [5.74, 6) is -3.12. The molecule has 9 atom stereocenters. The van der Waals surface area contributed by atoms with Gasteiger partial charge in [0.2, 0.25) is 5.91 Å². The molecular weight excluding hydrogens is 974 g/mol. The number of rotatable bonds is 18. The summed E-state index contributed by atoms with van der Waals surface area (Å²) in [6, 6.07) is 36.8. The molecule has 2 unspecified atom stereocenters. The number of benzene rings is 5. The van der Waals surface area contributed by atoms with Crippen molar-refractivity contribution in [3.63, 3.8) is 0 Å². The van der Waals surface area contributed by atoms with E-state index in [0.717, 1.165) is 25.0 Å². The second-order valence-electron chi connectivity index (χ2n) is 19.6. The number of ether oxygens (including phenoxy) is 6. The van der Waals surface area contributed by atoms with Crippen LogP contribution in [0.4, 0.5) is 10.1 Å². The number of β-lactam (4-membered cyclic amide) rings is 1. The average Bonchev–Trinajstić information content (AvgIpc) is 3.33. The molecule has 386 valence electrons. The first-order valence-electron chi connectivity index (χ1n) is 24.0. The Bertz CT molecular complexity index is 2790. The minimum atomic E-state index is -2.48. The molecule has 2 aliphatic heterocycles. The van der Waals surface area contributed by atoms with Crippen molar-refractivity contribution in [3.05, 3.63) is 155 Å². The molecule has 14 nitrogen and oxygen atoms in total. The van der Waals surface area contributed by atoms with Gasteiger partial charge < -0.3 is 37.7 Å². The first kappa shape index (κ1) is 54.2. The molecule has 0 spiro atoms. The van der Waals surface area contributed by atoms with Crippen LogP contribution in [0.3, 0.4) is 0 Å². The quantitative estimate of drug-likeness (QED) is 0.0352. The van der Waals surface area contributed by atoms with Crippen LogP contribution in [0.15, 0.2) is 127 Å². The summed E-state index contributed by atoms with van der Waals surface area (Å²) in [5, 5.41) is -1.20. The van der Waals surface area contributed by atoms with Gasteiger partial charge in [0.05, 0.1) is 17.9 Å². The third-order valence-corrected chi connectivity index (χ3v) is 19.4. The van der Waals surface area contributed by atoms with Gasteiger partial charge in [-0.05, 0) is 76.3 Å². The predicted octanol–water partition coefficient (Wildman–Crippen LogP) is 9.84. The smallest absolute Gasteiger partial charge is 0.303 e. The van der Waals surface area contributed by atoms with E-state index in [1.165, 1.54) is 26.0 Å². The number of amides is 1. The van der Waals surface area contributed by atoms with Gasteiger partial charge in [-0.15, -0.1) is 0 Å². The maximum Gasteiger partial charge on any atom is 0.303 e. The first-order valence-corrected chi connectivity index (χ1v) is 28.3. The molecule has 0 aliphatic carbocycles. The SMILES string of the molecule is CC(=O)OC[C@H]1OC(c2ccc(-c3ccc([C@@H]4[C@@H](S(=O)C[C@H](O[Si](C)(C)C(C)(C)C)c5ccc(F)cc5)C(=O)N4c4ccccc4)c(OCc4ccccc4)c3)cc2)[C@H](OC(C)=O)[C@@H](OC(C)=O)[C@@H]1OC(C)=O. The number of para-hydroxylation sites is 1. The molecule has 0 N–H and O–H groups in total. The van der Waals surface area contributed by atoms with Crippen LogP contribution in [0.2, 0.25) is 18.1 Å². The van der Waals surface area contributed by atoms with Gasteiger partial charge in [0, 0.05) is 49.7 Å². The van der Waals surface area contributed by atoms with Crippen LogP contribution in [-0.4, -0.2) is 84.3 Å². The highest BCUT2D eigenvalue weighted by molar-refractivity contribution is 7.86. The lowest BCUT2D eigenvalue weighted by Crippen LogP contribution is -2.61. The number of esters is 4. The van der Waals surface area contributed by atoms with Crippen LogP contribution in [0.1, 0.15) is 89.0 Å². The molecule has 1 amide bonds. The molecule has 7 rings (SSSR count). The van der Waals surface area contributed by atoms with E-state index in [1.54, 1.807) is 29.2 Å². The Kier molecular flexibility index (Phi) is 17.2. The molecule has 0 saturated carbocycles. The summed E-state index contributed by atoms with van der Waals surface area (Å²) in [7, 11) is -4.30. The molecule has 2 aliphatic rings. The molecule has 73 heavy (non-hydrogen) atoms. The number of anilines is 1. The Morgan fingerprint density at radius 2 is 1.30 bits per heavy atom. The summed E-state index contributed by atoms with van der Waals surface area (Å²) < 4.78 is 71.5. The van der Waals surface area contributed by atoms with E-state index in [-0.39, 0.29) is 29.9 Å². The zero-order valence-electron chi connectivity index (χ0n) is 42.4. The average molecular weight is 1040 g/mol. The van der Waals surface area contributed by atoms with Gasteiger partial charge in [-0.3, -0.25) is 28.2 Å². The van der Waals surface area contributed by atoms with Gasteiger partial charge in [0.15, 0.2) is 26.6 Å². The molecule has 2 fully saturated rings. The zero-order chi connectivity index (χ0) is 52.8. The molecule has 2 saturated heterocycles. The fourth-order valence-electron chi connectivity index (χ4n) is 8.74. The Labute approximate surface area is 429 Å². The van der Waals surface area contributed by atoms with Crippen molar-refractivity contribution < 1.29 is 65.4 Å². The van der Waals surface area contributed by atoms with Crippen LogP contribution in [0.25, 0.3) is 11.1 Å². The molecule has 0 aromatic heterocycles. The van der Waals surface area contributed by atoms with Gasteiger partial charge in [0.1, 0.15) is 42.2 Å². The third kappa shape index (κ3) is 13.0. The standard InChI is InChI=1S/C56H62FNO13SSi/c1-34(59)65-32-47-51(67-35(2)60)53(69-37(4)62)52(68-36(3)61)50(70-47)41-22-20-39(21-23-41)42-26-29-45(46(30-42)66-31-38-16-12-10-13-17-38)49-54(55(63)58(49)44-18-14-11-15-19-44)72(64)33-48(40-24-27-43(57)28-25-40)71-73(8,9)56(5,6)7/h10-30,47-54H,31-33H2,1-9H3/t47-,48+,49-,50?,51-,52+,53+,54-,72?/m1/s1. The lowest BCUT2D eigenvalue weighted by Gasteiger charge is -2.47. The highest BCUT2D eigenvalue weighted by Gasteiger charge is 2.55. The van der Waals surface area contributed by atoms with Crippen LogP contribution in [0, 0.1) is 5.82 Å². The van der Waals surface area contributed by atoms with E-state index in [1.807, 2.05) is 91.0 Å². The van der Waals surface area contributed by atoms with Gasteiger partial charge in [-0.1, -0.05) is 118 Å². The van der Waals surface area contributed by atoms with Crippen LogP contribution < -0.4 is 9.64 Å². The minimum Gasteiger partial charge on any atom is -0.489 e. The van der Waals surface area contributed by atoms with Crippen LogP contribution >= 0.6 is 0 Å². The van der Waals surface area contributed by atoms with E-state index >= 15 is 4.21 Å². The van der Waals surface area contributed by atoms with E-state index < -0.39 is 96.7 Å². The second-order valence-corrected chi connectivity index (χ2v) is 26.0. The lowest BCUT2D eigenvalue weighted by atomic mass is 9.88.